The second-order valence-electron chi connectivity index (χ2n) is 4.71. The average molecular weight is 304 g/mol. The van der Waals surface area contributed by atoms with Gasteiger partial charge in [0.15, 0.2) is 5.69 Å². The normalized spacial score (nSPS) is 10.3. The van der Waals surface area contributed by atoms with Gasteiger partial charge in [0.05, 0.1) is 7.11 Å². The lowest BCUT2D eigenvalue weighted by atomic mass is 10.2. The van der Waals surface area contributed by atoms with Crippen LogP contribution in [-0.2, 0) is 4.79 Å². The number of aromatic nitrogens is 1. The first-order valence-electron chi connectivity index (χ1n) is 6.51. The molecule has 1 aromatic carbocycles. The highest BCUT2D eigenvalue weighted by Crippen LogP contribution is 2.24. The highest BCUT2D eigenvalue weighted by molar-refractivity contribution is 5.95. The second-order valence-corrected chi connectivity index (χ2v) is 4.71. The average Bonchev–Trinajstić information content (AvgIpc) is 2.87. The third-order valence-corrected chi connectivity index (χ3v) is 3.06. The summed E-state index contributed by atoms with van der Waals surface area (Å²) in [4.78, 5) is 28.1. The smallest absolute Gasteiger partial charge is 0.323 e. The predicted octanol–water partition coefficient (Wildman–Crippen LogP) is 1.82. The lowest BCUT2D eigenvalue weighted by molar-refractivity contribution is -0.137. The summed E-state index contributed by atoms with van der Waals surface area (Å²) in [5, 5.41) is 8.73. The number of aliphatic carboxylic acids is 1. The maximum Gasteiger partial charge on any atom is 0.323 e. The van der Waals surface area contributed by atoms with Gasteiger partial charge in [-0.3, -0.25) is 9.59 Å². The van der Waals surface area contributed by atoms with Crippen LogP contribution in [0.3, 0.4) is 0 Å². The Hall–Kier alpha value is -2.83. The van der Waals surface area contributed by atoms with Gasteiger partial charge in [0.2, 0.25) is 5.89 Å². The lowest BCUT2D eigenvalue weighted by Gasteiger charge is -2.12. The highest BCUT2D eigenvalue weighted by atomic mass is 16.5. The molecule has 1 amide bonds. The number of hydrogen-bond acceptors (Lipinski definition) is 5. The van der Waals surface area contributed by atoms with E-state index < -0.39 is 18.4 Å². The monoisotopic (exact) mass is 304 g/mol. The van der Waals surface area contributed by atoms with Gasteiger partial charge in [-0.2, -0.15) is 0 Å². The van der Waals surface area contributed by atoms with Crippen LogP contribution in [-0.4, -0.2) is 47.6 Å². The summed E-state index contributed by atoms with van der Waals surface area (Å²) in [6.45, 7) is 1.21. The van der Waals surface area contributed by atoms with Crippen LogP contribution in [0.4, 0.5) is 0 Å². The third kappa shape index (κ3) is 3.25. The number of likely N-dealkylation sites (N-methyl/N-ethyl adjacent to an activating group) is 1. The van der Waals surface area contributed by atoms with Crippen LogP contribution in [0.25, 0.3) is 11.5 Å². The molecule has 1 aromatic heterocycles. The van der Waals surface area contributed by atoms with Crippen molar-refractivity contribution in [1.82, 2.24) is 9.88 Å². The number of carboxylic acids is 1. The van der Waals surface area contributed by atoms with Crippen LogP contribution in [0.1, 0.15) is 16.2 Å². The van der Waals surface area contributed by atoms with E-state index in [1.165, 1.54) is 7.05 Å². The van der Waals surface area contributed by atoms with Gasteiger partial charge in [-0.15, -0.1) is 0 Å². The molecule has 7 nitrogen and oxygen atoms in total. The van der Waals surface area contributed by atoms with E-state index in [0.29, 0.717) is 23.0 Å². The van der Waals surface area contributed by atoms with Crippen LogP contribution < -0.4 is 4.74 Å². The number of aryl methyl sites for hydroxylation is 1. The lowest BCUT2D eigenvalue weighted by Crippen LogP contribution is -2.32. The number of rotatable bonds is 5. The molecule has 7 heteroatoms. The summed E-state index contributed by atoms with van der Waals surface area (Å²) in [6.07, 6.45) is 0. The Morgan fingerprint density at radius 2 is 1.95 bits per heavy atom. The van der Waals surface area contributed by atoms with E-state index in [0.717, 1.165) is 4.90 Å². The second kappa shape index (κ2) is 6.30. The molecule has 1 heterocycles. The summed E-state index contributed by atoms with van der Waals surface area (Å²) < 4.78 is 10.6. The van der Waals surface area contributed by atoms with Gasteiger partial charge in [0, 0.05) is 12.6 Å². The topological polar surface area (TPSA) is 92.9 Å². The summed E-state index contributed by atoms with van der Waals surface area (Å²) in [7, 11) is 2.97. The van der Waals surface area contributed by atoms with E-state index in [9.17, 15) is 9.59 Å². The zero-order valence-electron chi connectivity index (χ0n) is 12.5. The quantitative estimate of drug-likeness (QED) is 0.905. The molecule has 22 heavy (non-hydrogen) atoms. The molecule has 0 aliphatic rings. The number of carbonyl (C=O) groups excluding carboxylic acids is 1. The number of carbonyl (C=O) groups is 2. The number of benzene rings is 1. The van der Waals surface area contributed by atoms with E-state index >= 15 is 0 Å². The molecule has 0 saturated carbocycles. The van der Waals surface area contributed by atoms with Gasteiger partial charge in [0.25, 0.3) is 5.91 Å². The van der Waals surface area contributed by atoms with Gasteiger partial charge >= 0.3 is 5.97 Å². The number of amides is 1. The number of ether oxygens (including phenoxy) is 1. The minimum Gasteiger partial charge on any atom is -0.497 e. The van der Waals surface area contributed by atoms with Crippen molar-refractivity contribution in [3.63, 3.8) is 0 Å². The van der Waals surface area contributed by atoms with Crippen LogP contribution in [0, 0.1) is 6.92 Å². The SMILES string of the molecule is COc1ccc(-c2nc(C(=O)N(C)CC(=O)O)c(C)o2)cc1. The first-order valence-corrected chi connectivity index (χ1v) is 6.51. The maximum absolute atomic E-state index is 12.2. The fourth-order valence-corrected chi connectivity index (χ4v) is 1.91. The van der Waals surface area contributed by atoms with Crippen molar-refractivity contribution in [1.29, 1.82) is 0 Å². The summed E-state index contributed by atoms with van der Waals surface area (Å²) in [5.74, 6) is -0.249. The van der Waals surface area contributed by atoms with Crippen molar-refractivity contribution >= 4 is 11.9 Å². The fraction of sp³-hybridized carbons (Fsp3) is 0.267. The Labute approximate surface area is 127 Å². The Kier molecular flexibility index (Phi) is 4.45. The van der Waals surface area contributed by atoms with Crippen molar-refractivity contribution < 1.29 is 23.8 Å². The van der Waals surface area contributed by atoms with Gasteiger partial charge in [-0.1, -0.05) is 0 Å². The molecule has 2 aromatic rings. The summed E-state index contributed by atoms with van der Waals surface area (Å²) >= 11 is 0. The molecule has 0 aliphatic carbocycles. The molecule has 1 N–H and O–H groups in total. The minimum absolute atomic E-state index is 0.106. The fourth-order valence-electron chi connectivity index (χ4n) is 1.91. The standard InChI is InChI=1S/C15H16N2O5/c1-9-13(15(20)17(2)8-12(18)19)16-14(22-9)10-4-6-11(21-3)7-5-10/h4-7H,8H2,1-3H3,(H,18,19). The van der Waals surface area contributed by atoms with Crippen LogP contribution in [0.5, 0.6) is 5.75 Å². The first kappa shape index (κ1) is 15.6. The zero-order chi connectivity index (χ0) is 16.3. The Bertz CT molecular complexity index is 690. The number of oxazole rings is 1. The van der Waals surface area contributed by atoms with E-state index in [1.807, 2.05) is 0 Å². The Balaban J connectivity index is 2.27. The van der Waals surface area contributed by atoms with Crippen molar-refractivity contribution in [2.75, 3.05) is 20.7 Å². The Morgan fingerprint density at radius 1 is 1.32 bits per heavy atom. The molecule has 0 spiro atoms. The van der Waals surface area contributed by atoms with Gasteiger partial charge in [-0.25, -0.2) is 4.98 Å². The van der Waals surface area contributed by atoms with Crippen molar-refractivity contribution in [3.8, 4) is 17.2 Å². The van der Waals surface area contributed by atoms with Gasteiger partial charge in [0.1, 0.15) is 18.1 Å². The first-order chi connectivity index (χ1) is 10.4. The van der Waals surface area contributed by atoms with Crippen molar-refractivity contribution in [2.45, 2.75) is 6.92 Å². The molecule has 0 radical (unpaired) electrons. The number of hydrogen-bond donors (Lipinski definition) is 1. The highest BCUT2D eigenvalue weighted by Gasteiger charge is 2.22. The molecule has 0 saturated heterocycles. The summed E-state index contributed by atoms with van der Waals surface area (Å²) in [6, 6.07) is 7.04. The molecule has 0 bridgehead atoms. The molecule has 116 valence electrons. The van der Waals surface area contributed by atoms with E-state index in [1.54, 1.807) is 38.3 Å². The van der Waals surface area contributed by atoms with Gasteiger partial charge in [-0.05, 0) is 31.2 Å². The zero-order valence-corrected chi connectivity index (χ0v) is 12.5. The van der Waals surface area contributed by atoms with Crippen LogP contribution >= 0.6 is 0 Å². The number of methoxy groups -OCH3 is 1. The predicted molar refractivity (Wildman–Crippen MR) is 77.8 cm³/mol. The van der Waals surface area contributed by atoms with E-state index in [-0.39, 0.29) is 5.69 Å². The minimum atomic E-state index is -1.09. The largest absolute Gasteiger partial charge is 0.497 e. The van der Waals surface area contributed by atoms with E-state index in [2.05, 4.69) is 4.98 Å². The van der Waals surface area contributed by atoms with Gasteiger partial charge < -0.3 is 19.2 Å². The maximum atomic E-state index is 12.2. The molecule has 0 fully saturated rings. The Morgan fingerprint density at radius 3 is 2.50 bits per heavy atom. The third-order valence-electron chi connectivity index (χ3n) is 3.06. The van der Waals surface area contributed by atoms with E-state index in [4.69, 9.17) is 14.3 Å². The molecule has 2 rings (SSSR count). The summed E-state index contributed by atoms with van der Waals surface area (Å²) in [5.41, 5.74) is 0.804. The van der Waals surface area contributed by atoms with Crippen molar-refractivity contribution in [2.24, 2.45) is 0 Å². The number of carboxylic acid groups (broad SMARTS) is 1. The molecule has 0 unspecified atom stereocenters. The van der Waals surface area contributed by atoms with Crippen molar-refractivity contribution in [3.05, 3.63) is 35.7 Å². The van der Waals surface area contributed by atoms with Crippen LogP contribution in [0.15, 0.2) is 28.7 Å². The number of nitrogens with zero attached hydrogens (tertiary/aromatic N) is 2. The molecular weight excluding hydrogens is 288 g/mol. The van der Waals surface area contributed by atoms with Crippen LogP contribution in [0.2, 0.25) is 0 Å². The molecular formula is C15H16N2O5. The molecule has 0 aliphatic heterocycles. The molecule has 0 atom stereocenters.